The Labute approximate surface area is 93.4 Å². The van der Waals surface area contributed by atoms with Crippen LogP contribution in [0.15, 0.2) is 0 Å². The van der Waals surface area contributed by atoms with E-state index in [1.165, 1.54) is 19.3 Å². The lowest BCUT2D eigenvalue weighted by Crippen LogP contribution is -2.36. The predicted molar refractivity (Wildman–Crippen MR) is 61.9 cm³/mol. The van der Waals surface area contributed by atoms with Gasteiger partial charge >= 0.3 is 0 Å². The summed E-state index contributed by atoms with van der Waals surface area (Å²) in [4.78, 5) is 11.5. The quantitative estimate of drug-likeness (QED) is 0.698. The van der Waals surface area contributed by atoms with Crippen LogP contribution < -0.4 is 0 Å². The van der Waals surface area contributed by atoms with Crippen LogP contribution in [-0.2, 0) is 9.53 Å². The average Bonchev–Trinajstić information content (AvgIpc) is 2.27. The van der Waals surface area contributed by atoms with Gasteiger partial charge in [0.25, 0.3) is 0 Å². The van der Waals surface area contributed by atoms with Crippen molar-refractivity contribution in [1.82, 2.24) is 0 Å². The molecule has 0 unspecified atom stereocenters. The first kappa shape index (κ1) is 12.7. The number of ketones is 1. The van der Waals surface area contributed by atoms with E-state index in [0.29, 0.717) is 6.61 Å². The number of carbonyl (C=O) groups is 1. The zero-order valence-corrected chi connectivity index (χ0v) is 10.3. The van der Waals surface area contributed by atoms with Crippen LogP contribution in [0.4, 0.5) is 0 Å². The molecule has 0 amide bonds. The number of Topliss-reactive ketones (excluding diaryl/α,β-unsaturated/α-hetero) is 1. The molecule has 0 aromatic carbocycles. The van der Waals surface area contributed by atoms with Gasteiger partial charge in [0.2, 0.25) is 0 Å². The van der Waals surface area contributed by atoms with Gasteiger partial charge in [-0.15, -0.1) is 0 Å². The highest BCUT2D eigenvalue weighted by molar-refractivity contribution is 5.81. The molecule has 1 rings (SSSR count). The van der Waals surface area contributed by atoms with Gasteiger partial charge in [0.1, 0.15) is 6.61 Å². The lowest BCUT2D eigenvalue weighted by atomic mass is 9.82. The molecule has 0 bridgehead atoms. The summed E-state index contributed by atoms with van der Waals surface area (Å²) in [6.45, 7) is 6.35. The Morgan fingerprint density at radius 3 is 2.33 bits per heavy atom. The molecule has 0 saturated heterocycles. The monoisotopic (exact) mass is 212 g/mol. The van der Waals surface area contributed by atoms with Gasteiger partial charge in [-0.3, -0.25) is 4.79 Å². The Hall–Kier alpha value is -0.370. The third kappa shape index (κ3) is 3.60. The van der Waals surface area contributed by atoms with E-state index < -0.39 is 0 Å². The number of hydrogen-bond acceptors (Lipinski definition) is 2. The highest BCUT2D eigenvalue weighted by Gasteiger charge is 2.31. The van der Waals surface area contributed by atoms with E-state index in [9.17, 15) is 4.79 Å². The van der Waals surface area contributed by atoms with Crippen LogP contribution in [-0.4, -0.2) is 18.0 Å². The number of rotatable bonds is 5. The maximum atomic E-state index is 11.5. The molecule has 0 aromatic heterocycles. The first-order valence-corrected chi connectivity index (χ1v) is 6.26. The Balaban J connectivity index is 2.42. The van der Waals surface area contributed by atoms with E-state index in [0.717, 1.165) is 19.3 Å². The Kier molecular flexibility index (Phi) is 4.78. The van der Waals surface area contributed by atoms with Crippen molar-refractivity contribution in [2.75, 3.05) is 6.61 Å². The molecule has 0 spiro atoms. The Bertz CT molecular complexity index is 203. The molecule has 0 heterocycles. The van der Waals surface area contributed by atoms with Crippen molar-refractivity contribution < 1.29 is 9.53 Å². The molecule has 2 nitrogen and oxygen atoms in total. The van der Waals surface area contributed by atoms with Gasteiger partial charge in [0.15, 0.2) is 5.78 Å². The minimum Gasteiger partial charge on any atom is -0.367 e. The summed E-state index contributed by atoms with van der Waals surface area (Å²) in [6, 6.07) is 0. The minimum atomic E-state index is 0.0167. The number of ether oxygens (including phenoxy) is 1. The van der Waals surface area contributed by atoms with E-state index in [4.69, 9.17) is 4.74 Å². The maximum Gasteiger partial charge on any atom is 0.161 e. The molecule has 1 aliphatic rings. The van der Waals surface area contributed by atoms with Gasteiger partial charge in [-0.25, -0.2) is 0 Å². The SMILES string of the molecule is CCC1(OCC(=O)C(C)C)CCCCC1. The summed E-state index contributed by atoms with van der Waals surface area (Å²) in [5.41, 5.74) is 0.0167. The molecule has 15 heavy (non-hydrogen) atoms. The molecule has 0 atom stereocenters. The molecule has 0 radical (unpaired) electrons. The molecular weight excluding hydrogens is 188 g/mol. The molecular formula is C13H24O2. The summed E-state index contributed by atoms with van der Waals surface area (Å²) in [5.74, 6) is 0.330. The highest BCUT2D eigenvalue weighted by atomic mass is 16.5. The van der Waals surface area contributed by atoms with E-state index >= 15 is 0 Å². The molecule has 0 N–H and O–H groups in total. The number of hydrogen-bond donors (Lipinski definition) is 0. The first-order valence-electron chi connectivity index (χ1n) is 6.26. The van der Waals surface area contributed by atoms with Crippen LogP contribution >= 0.6 is 0 Å². The third-order valence-corrected chi connectivity index (χ3v) is 3.57. The van der Waals surface area contributed by atoms with Crippen molar-refractivity contribution >= 4 is 5.78 Å². The van der Waals surface area contributed by atoms with Crippen LogP contribution in [0.25, 0.3) is 0 Å². The summed E-state index contributed by atoms with van der Waals surface area (Å²) in [5, 5.41) is 0. The molecule has 1 fully saturated rings. The second-order valence-electron chi connectivity index (χ2n) is 5.01. The average molecular weight is 212 g/mol. The largest absolute Gasteiger partial charge is 0.367 e. The normalized spacial score (nSPS) is 20.5. The highest BCUT2D eigenvalue weighted by Crippen LogP contribution is 2.34. The zero-order chi connectivity index (χ0) is 11.3. The molecule has 0 aliphatic heterocycles. The van der Waals surface area contributed by atoms with Crippen molar-refractivity contribution in [2.45, 2.75) is 64.9 Å². The van der Waals surface area contributed by atoms with Gasteiger partial charge in [0, 0.05) is 5.92 Å². The topological polar surface area (TPSA) is 26.3 Å². The molecule has 88 valence electrons. The van der Waals surface area contributed by atoms with E-state index in [1.54, 1.807) is 0 Å². The summed E-state index contributed by atoms with van der Waals surface area (Å²) in [7, 11) is 0. The van der Waals surface area contributed by atoms with Crippen molar-refractivity contribution in [2.24, 2.45) is 5.92 Å². The fourth-order valence-electron chi connectivity index (χ4n) is 2.19. The predicted octanol–water partition coefficient (Wildman–Crippen LogP) is 3.34. The van der Waals surface area contributed by atoms with Gasteiger partial charge in [-0.1, -0.05) is 40.0 Å². The van der Waals surface area contributed by atoms with Crippen molar-refractivity contribution in [3.8, 4) is 0 Å². The third-order valence-electron chi connectivity index (χ3n) is 3.57. The van der Waals surface area contributed by atoms with Crippen LogP contribution in [0.1, 0.15) is 59.3 Å². The summed E-state index contributed by atoms with van der Waals surface area (Å²) < 4.78 is 5.89. The Morgan fingerprint density at radius 1 is 1.27 bits per heavy atom. The molecule has 2 heteroatoms. The standard InChI is InChI=1S/C13H24O2/c1-4-13(8-6-5-7-9-13)15-10-12(14)11(2)3/h11H,4-10H2,1-3H3. The van der Waals surface area contributed by atoms with Crippen LogP contribution in [0, 0.1) is 5.92 Å². The van der Waals surface area contributed by atoms with E-state index in [2.05, 4.69) is 6.92 Å². The van der Waals surface area contributed by atoms with Gasteiger partial charge in [0.05, 0.1) is 5.60 Å². The maximum absolute atomic E-state index is 11.5. The second kappa shape index (κ2) is 5.64. The molecule has 0 aromatic rings. The van der Waals surface area contributed by atoms with E-state index in [-0.39, 0.29) is 17.3 Å². The van der Waals surface area contributed by atoms with Crippen molar-refractivity contribution in [3.63, 3.8) is 0 Å². The van der Waals surface area contributed by atoms with Gasteiger partial charge in [-0.2, -0.15) is 0 Å². The van der Waals surface area contributed by atoms with Crippen molar-refractivity contribution in [1.29, 1.82) is 0 Å². The second-order valence-corrected chi connectivity index (χ2v) is 5.01. The zero-order valence-electron chi connectivity index (χ0n) is 10.3. The van der Waals surface area contributed by atoms with Crippen molar-refractivity contribution in [3.05, 3.63) is 0 Å². The fourth-order valence-corrected chi connectivity index (χ4v) is 2.19. The first-order chi connectivity index (χ1) is 7.09. The number of carbonyl (C=O) groups excluding carboxylic acids is 1. The van der Waals surface area contributed by atoms with Gasteiger partial charge in [-0.05, 0) is 19.3 Å². The van der Waals surface area contributed by atoms with Gasteiger partial charge < -0.3 is 4.74 Å². The molecule has 1 aliphatic carbocycles. The fraction of sp³-hybridized carbons (Fsp3) is 0.923. The van der Waals surface area contributed by atoms with Crippen LogP contribution in [0.3, 0.4) is 0 Å². The smallest absolute Gasteiger partial charge is 0.161 e. The minimum absolute atomic E-state index is 0.0167. The van der Waals surface area contributed by atoms with E-state index in [1.807, 2.05) is 13.8 Å². The van der Waals surface area contributed by atoms with Crippen LogP contribution in [0.2, 0.25) is 0 Å². The molecule has 1 saturated carbocycles. The summed E-state index contributed by atoms with van der Waals surface area (Å²) in [6.07, 6.45) is 7.14. The lowest BCUT2D eigenvalue weighted by Gasteiger charge is -2.36. The Morgan fingerprint density at radius 2 is 1.87 bits per heavy atom. The lowest BCUT2D eigenvalue weighted by molar-refractivity contribution is -0.137. The van der Waals surface area contributed by atoms with Crippen LogP contribution in [0.5, 0.6) is 0 Å². The summed E-state index contributed by atoms with van der Waals surface area (Å²) >= 11 is 0.